The second-order valence-electron chi connectivity index (χ2n) is 6.30. The van der Waals surface area contributed by atoms with Crippen LogP contribution in [-0.4, -0.2) is 64.3 Å². The molecule has 0 aliphatic carbocycles. The summed E-state index contributed by atoms with van der Waals surface area (Å²) in [6, 6.07) is 1.84. The number of aryl methyl sites for hydroxylation is 2. The lowest BCUT2D eigenvalue weighted by molar-refractivity contribution is -0.0247. The highest BCUT2D eigenvalue weighted by atomic mass is 16.5. The smallest absolute Gasteiger partial charge is 0.257 e. The monoisotopic (exact) mass is 344 g/mol. The molecule has 0 radical (unpaired) electrons. The largest absolute Gasteiger partial charge is 0.368 e. The first-order valence-electron chi connectivity index (χ1n) is 8.43. The summed E-state index contributed by atoms with van der Waals surface area (Å²) in [5.41, 5.74) is 2.29. The standard InChI is InChI=1S/C17H24N6O2/c1-5-13-12(10-22(4)20-13)16(24)23-8-9-25-15(11-23)14-6-7-18-17(19-14)21(2)3/h6-7,10,15H,5,8-9,11H2,1-4H3/t15-/m0/s1. The number of ether oxygens (including phenoxy) is 1. The van der Waals surface area contributed by atoms with Crippen molar-refractivity contribution in [3.8, 4) is 0 Å². The van der Waals surface area contributed by atoms with E-state index in [2.05, 4.69) is 15.1 Å². The Morgan fingerprint density at radius 3 is 2.96 bits per heavy atom. The normalized spacial score (nSPS) is 17.6. The molecular weight excluding hydrogens is 320 g/mol. The predicted molar refractivity (Wildman–Crippen MR) is 93.5 cm³/mol. The van der Waals surface area contributed by atoms with Gasteiger partial charge >= 0.3 is 0 Å². The van der Waals surface area contributed by atoms with Gasteiger partial charge in [-0.3, -0.25) is 9.48 Å². The highest BCUT2D eigenvalue weighted by Crippen LogP contribution is 2.23. The summed E-state index contributed by atoms with van der Waals surface area (Å²) in [4.78, 5) is 25.4. The maximum Gasteiger partial charge on any atom is 0.257 e. The van der Waals surface area contributed by atoms with Crippen LogP contribution < -0.4 is 4.90 Å². The van der Waals surface area contributed by atoms with Gasteiger partial charge in [0.2, 0.25) is 5.95 Å². The number of morpholine rings is 1. The van der Waals surface area contributed by atoms with E-state index in [1.165, 1.54) is 0 Å². The molecule has 1 fully saturated rings. The fraction of sp³-hybridized carbons (Fsp3) is 0.529. The number of carbonyl (C=O) groups is 1. The van der Waals surface area contributed by atoms with Gasteiger partial charge in [0.25, 0.3) is 5.91 Å². The molecule has 25 heavy (non-hydrogen) atoms. The van der Waals surface area contributed by atoms with E-state index in [1.807, 2.05) is 43.9 Å². The van der Waals surface area contributed by atoms with Crippen LogP contribution in [0.5, 0.6) is 0 Å². The van der Waals surface area contributed by atoms with Crippen LogP contribution in [0.4, 0.5) is 5.95 Å². The van der Waals surface area contributed by atoms with Crippen molar-refractivity contribution in [1.29, 1.82) is 0 Å². The summed E-state index contributed by atoms with van der Waals surface area (Å²) >= 11 is 0. The highest BCUT2D eigenvalue weighted by molar-refractivity contribution is 5.95. The third-order valence-corrected chi connectivity index (χ3v) is 4.22. The molecule has 0 saturated carbocycles. The minimum Gasteiger partial charge on any atom is -0.368 e. The first-order valence-corrected chi connectivity index (χ1v) is 8.43. The van der Waals surface area contributed by atoms with Crippen LogP contribution in [0.2, 0.25) is 0 Å². The number of rotatable bonds is 4. The maximum atomic E-state index is 12.9. The van der Waals surface area contributed by atoms with Gasteiger partial charge in [0.1, 0.15) is 6.10 Å². The van der Waals surface area contributed by atoms with Gasteiger partial charge in [0.15, 0.2) is 0 Å². The topological polar surface area (TPSA) is 76.4 Å². The van der Waals surface area contributed by atoms with Crippen molar-refractivity contribution >= 4 is 11.9 Å². The highest BCUT2D eigenvalue weighted by Gasteiger charge is 2.29. The van der Waals surface area contributed by atoms with Gasteiger partial charge in [-0.05, 0) is 12.5 Å². The lowest BCUT2D eigenvalue weighted by Crippen LogP contribution is -2.42. The van der Waals surface area contributed by atoms with E-state index in [0.717, 1.165) is 17.8 Å². The molecule has 1 aliphatic rings. The summed E-state index contributed by atoms with van der Waals surface area (Å²) in [5.74, 6) is 0.630. The maximum absolute atomic E-state index is 12.9. The van der Waals surface area contributed by atoms with Crippen LogP contribution in [0, 0.1) is 0 Å². The molecule has 0 bridgehead atoms. The average Bonchev–Trinajstić information content (AvgIpc) is 3.02. The third kappa shape index (κ3) is 3.63. The van der Waals surface area contributed by atoms with Crippen molar-refractivity contribution in [2.75, 3.05) is 38.7 Å². The summed E-state index contributed by atoms with van der Waals surface area (Å²) in [6.45, 7) is 3.53. The molecule has 1 saturated heterocycles. The number of hydrogen-bond acceptors (Lipinski definition) is 6. The van der Waals surface area contributed by atoms with E-state index in [0.29, 0.717) is 31.2 Å². The lowest BCUT2D eigenvalue weighted by atomic mass is 10.1. The molecule has 8 heteroatoms. The molecule has 0 unspecified atom stereocenters. The average molecular weight is 344 g/mol. The molecule has 0 spiro atoms. The SMILES string of the molecule is CCc1nn(C)cc1C(=O)N1CCO[C@H](c2ccnc(N(C)C)n2)C1. The van der Waals surface area contributed by atoms with Crippen LogP contribution in [-0.2, 0) is 18.2 Å². The Morgan fingerprint density at radius 2 is 2.24 bits per heavy atom. The third-order valence-electron chi connectivity index (χ3n) is 4.22. The molecule has 0 N–H and O–H groups in total. The fourth-order valence-corrected chi connectivity index (χ4v) is 2.91. The van der Waals surface area contributed by atoms with Gasteiger partial charge in [-0.2, -0.15) is 5.10 Å². The molecule has 134 valence electrons. The van der Waals surface area contributed by atoms with Crippen LogP contribution in [0.25, 0.3) is 0 Å². The van der Waals surface area contributed by atoms with Crippen LogP contribution in [0.3, 0.4) is 0 Å². The van der Waals surface area contributed by atoms with Crippen molar-refractivity contribution in [3.05, 3.63) is 35.4 Å². The second kappa shape index (κ2) is 7.18. The van der Waals surface area contributed by atoms with Crippen molar-refractivity contribution in [3.63, 3.8) is 0 Å². The molecule has 3 heterocycles. The van der Waals surface area contributed by atoms with Gasteiger partial charge in [-0.25, -0.2) is 9.97 Å². The minimum atomic E-state index is -0.249. The van der Waals surface area contributed by atoms with E-state index >= 15 is 0 Å². The molecule has 1 atom stereocenters. The molecule has 1 aliphatic heterocycles. The Bertz CT molecular complexity index is 757. The number of hydrogen-bond donors (Lipinski definition) is 0. The van der Waals surface area contributed by atoms with Gasteiger partial charge < -0.3 is 14.5 Å². The predicted octanol–water partition coefficient (Wildman–Crippen LogP) is 1.05. The zero-order valence-electron chi connectivity index (χ0n) is 15.1. The van der Waals surface area contributed by atoms with Gasteiger partial charge in [-0.15, -0.1) is 0 Å². The fourth-order valence-electron chi connectivity index (χ4n) is 2.91. The number of carbonyl (C=O) groups excluding carboxylic acids is 1. The summed E-state index contributed by atoms with van der Waals surface area (Å²) < 4.78 is 7.55. The zero-order valence-corrected chi connectivity index (χ0v) is 15.1. The Balaban J connectivity index is 1.79. The Labute approximate surface area is 147 Å². The number of aromatic nitrogens is 4. The van der Waals surface area contributed by atoms with Crippen molar-refractivity contribution in [1.82, 2.24) is 24.6 Å². The summed E-state index contributed by atoms with van der Waals surface area (Å²) in [6.07, 6.45) is 3.99. The van der Waals surface area contributed by atoms with Crippen molar-refractivity contribution in [2.45, 2.75) is 19.4 Å². The molecule has 2 aromatic heterocycles. The van der Waals surface area contributed by atoms with E-state index in [1.54, 1.807) is 17.1 Å². The summed E-state index contributed by atoms with van der Waals surface area (Å²) in [7, 11) is 5.62. The first-order chi connectivity index (χ1) is 12.0. The van der Waals surface area contributed by atoms with E-state index in [4.69, 9.17) is 4.74 Å². The van der Waals surface area contributed by atoms with Crippen LogP contribution in [0.1, 0.15) is 34.8 Å². The van der Waals surface area contributed by atoms with Crippen LogP contribution in [0.15, 0.2) is 18.5 Å². The first kappa shape index (κ1) is 17.3. The van der Waals surface area contributed by atoms with Crippen molar-refractivity contribution in [2.24, 2.45) is 7.05 Å². The molecule has 1 amide bonds. The van der Waals surface area contributed by atoms with Crippen molar-refractivity contribution < 1.29 is 9.53 Å². The van der Waals surface area contributed by atoms with Crippen LogP contribution >= 0.6 is 0 Å². The Kier molecular flexibility index (Phi) is 4.98. The molecular formula is C17H24N6O2. The quantitative estimate of drug-likeness (QED) is 0.825. The Hall–Kier alpha value is -2.48. The second-order valence-corrected chi connectivity index (χ2v) is 6.30. The van der Waals surface area contributed by atoms with Gasteiger partial charge in [-0.1, -0.05) is 6.92 Å². The van der Waals surface area contributed by atoms with Gasteiger partial charge in [0.05, 0.1) is 30.1 Å². The van der Waals surface area contributed by atoms with Gasteiger partial charge in [0, 0.05) is 40.1 Å². The summed E-state index contributed by atoms with van der Waals surface area (Å²) in [5, 5.41) is 4.37. The van der Waals surface area contributed by atoms with E-state index < -0.39 is 0 Å². The molecule has 0 aromatic carbocycles. The number of anilines is 1. The van der Waals surface area contributed by atoms with E-state index in [9.17, 15) is 4.79 Å². The Morgan fingerprint density at radius 1 is 1.44 bits per heavy atom. The zero-order chi connectivity index (χ0) is 18.0. The number of amides is 1. The lowest BCUT2D eigenvalue weighted by Gasteiger charge is -2.32. The van der Waals surface area contributed by atoms with E-state index in [-0.39, 0.29) is 12.0 Å². The molecule has 8 nitrogen and oxygen atoms in total. The number of nitrogens with zero attached hydrogens (tertiary/aromatic N) is 6. The molecule has 3 rings (SSSR count). The molecule has 2 aromatic rings. The minimum absolute atomic E-state index is 0.000129.